The molecule has 0 spiro atoms. The van der Waals surface area contributed by atoms with E-state index >= 15 is 0 Å². The summed E-state index contributed by atoms with van der Waals surface area (Å²) in [6.07, 6.45) is 2.99. The summed E-state index contributed by atoms with van der Waals surface area (Å²) in [7, 11) is 0. The van der Waals surface area contributed by atoms with Gasteiger partial charge in [-0.25, -0.2) is 14.2 Å². The summed E-state index contributed by atoms with van der Waals surface area (Å²) >= 11 is 0. The second kappa shape index (κ2) is 6.18. The van der Waals surface area contributed by atoms with Gasteiger partial charge in [0.05, 0.1) is 6.20 Å². The first kappa shape index (κ1) is 13.4. The summed E-state index contributed by atoms with van der Waals surface area (Å²) in [5, 5.41) is 11.8. The average molecular weight is 240 g/mol. The molecule has 17 heavy (non-hydrogen) atoms. The van der Waals surface area contributed by atoms with Gasteiger partial charge < -0.3 is 10.4 Å². The van der Waals surface area contributed by atoms with Crippen molar-refractivity contribution in [2.24, 2.45) is 5.92 Å². The Kier molecular flexibility index (Phi) is 4.87. The SMILES string of the molecule is CC(C)CCCNc1ncc(F)cc1C(=O)O. The summed E-state index contributed by atoms with van der Waals surface area (Å²) in [5.74, 6) is -0.988. The van der Waals surface area contributed by atoms with Gasteiger partial charge in [0.1, 0.15) is 17.2 Å². The monoisotopic (exact) mass is 240 g/mol. The van der Waals surface area contributed by atoms with Crippen LogP contribution in [0.2, 0.25) is 0 Å². The van der Waals surface area contributed by atoms with Gasteiger partial charge in [-0.15, -0.1) is 0 Å². The van der Waals surface area contributed by atoms with E-state index in [1.807, 2.05) is 0 Å². The first-order valence-corrected chi connectivity index (χ1v) is 5.63. The number of halogens is 1. The Morgan fingerprint density at radius 3 is 2.88 bits per heavy atom. The van der Waals surface area contributed by atoms with Gasteiger partial charge in [0.25, 0.3) is 0 Å². The molecule has 0 atom stereocenters. The van der Waals surface area contributed by atoms with Crippen LogP contribution in [0.5, 0.6) is 0 Å². The summed E-state index contributed by atoms with van der Waals surface area (Å²) in [4.78, 5) is 14.6. The Balaban J connectivity index is 2.61. The molecule has 0 aromatic carbocycles. The molecule has 1 heterocycles. The van der Waals surface area contributed by atoms with E-state index in [2.05, 4.69) is 24.1 Å². The molecule has 0 amide bonds. The lowest BCUT2D eigenvalue weighted by molar-refractivity contribution is 0.0697. The first-order valence-electron chi connectivity index (χ1n) is 5.63. The van der Waals surface area contributed by atoms with Gasteiger partial charge in [-0.3, -0.25) is 0 Å². The highest BCUT2D eigenvalue weighted by atomic mass is 19.1. The number of rotatable bonds is 6. The molecule has 0 bridgehead atoms. The van der Waals surface area contributed by atoms with Crippen molar-refractivity contribution in [3.8, 4) is 0 Å². The number of anilines is 1. The molecule has 1 aromatic rings. The van der Waals surface area contributed by atoms with Crippen LogP contribution in [0.3, 0.4) is 0 Å². The van der Waals surface area contributed by atoms with Crippen LogP contribution in [0.1, 0.15) is 37.0 Å². The van der Waals surface area contributed by atoms with Crippen LogP contribution >= 0.6 is 0 Å². The number of carboxylic acid groups (broad SMARTS) is 1. The van der Waals surface area contributed by atoms with Gasteiger partial charge in [-0.2, -0.15) is 0 Å². The molecule has 1 aromatic heterocycles. The lowest BCUT2D eigenvalue weighted by Gasteiger charge is -2.09. The summed E-state index contributed by atoms with van der Waals surface area (Å²) < 4.78 is 12.8. The van der Waals surface area contributed by atoms with E-state index in [9.17, 15) is 9.18 Å². The van der Waals surface area contributed by atoms with Crippen LogP contribution in [0.15, 0.2) is 12.3 Å². The third-order valence-corrected chi connectivity index (χ3v) is 2.34. The zero-order valence-corrected chi connectivity index (χ0v) is 10.0. The van der Waals surface area contributed by atoms with Crippen molar-refractivity contribution < 1.29 is 14.3 Å². The van der Waals surface area contributed by atoms with E-state index < -0.39 is 11.8 Å². The molecular formula is C12H17FN2O2. The highest BCUT2D eigenvalue weighted by molar-refractivity contribution is 5.93. The summed E-state index contributed by atoms with van der Waals surface area (Å²) in [6.45, 7) is 4.88. The molecular weight excluding hydrogens is 223 g/mol. The Morgan fingerprint density at radius 1 is 1.59 bits per heavy atom. The fraction of sp³-hybridized carbons (Fsp3) is 0.500. The fourth-order valence-electron chi connectivity index (χ4n) is 1.46. The normalized spacial score (nSPS) is 10.6. The minimum absolute atomic E-state index is 0.130. The number of carbonyl (C=O) groups is 1. The molecule has 0 radical (unpaired) electrons. The fourth-order valence-corrected chi connectivity index (χ4v) is 1.46. The van der Waals surface area contributed by atoms with Crippen molar-refractivity contribution in [1.82, 2.24) is 4.98 Å². The molecule has 0 saturated carbocycles. The quantitative estimate of drug-likeness (QED) is 0.750. The van der Waals surface area contributed by atoms with E-state index in [1.54, 1.807) is 0 Å². The highest BCUT2D eigenvalue weighted by Gasteiger charge is 2.12. The van der Waals surface area contributed by atoms with Gasteiger partial charge >= 0.3 is 5.97 Å². The third-order valence-electron chi connectivity index (χ3n) is 2.34. The molecule has 2 N–H and O–H groups in total. The number of hydrogen-bond donors (Lipinski definition) is 2. The van der Waals surface area contributed by atoms with E-state index in [-0.39, 0.29) is 11.4 Å². The van der Waals surface area contributed by atoms with Crippen LogP contribution in [0, 0.1) is 11.7 Å². The number of nitrogens with zero attached hydrogens (tertiary/aromatic N) is 1. The largest absolute Gasteiger partial charge is 0.478 e. The topological polar surface area (TPSA) is 62.2 Å². The van der Waals surface area contributed by atoms with Gasteiger partial charge in [0.15, 0.2) is 0 Å². The third kappa shape index (κ3) is 4.38. The number of carboxylic acids is 1. The van der Waals surface area contributed by atoms with Gasteiger partial charge in [-0.05, 0) is 24.8 Å². The molecule has 0 aliphatic heterocycles. The Hall–Kier alpha value is -1.65. The average Bonchev–Trinajstić information content (AvgIpc) is 2.25. The zero-order valence-electron chi connectivity index (χ0n) is 10.0. The molecule has 0 saturated heterocycles. The van der Waals surface area contributed by atoms with E-state index in [0.29, 0.717) is 12.5 Å². The van der Waals surface area contributed by atoms with Crippen molar-refractivity contribution in [1.29, 1.82) is 0 Å². The number of aromatic carboxylic acids is 1. The maximum Gasteiger partial charge on any atom is 0.339 e. The van der Waals surface area contributed by atoms with Crippen LogP contribution in [0.25, 0.3) is 0 Å². The van der Waals surface area contributed by atoms with Crippen molar-refractivity contribution in [2.75, 3.05) is 11.9 Å². The van der Waals surface area contributed by atoms with Crippen molar-refractivity contribution in [3.05, 3.63) is 23.6 Å². The lowest BCUT2D eigenvalue weighted by Crippen LogP contribution is -2.10. The zero-order chi connectivity index (χ0) is 12.8. The van der Waals surface area contributed by atoms with E-state index in [0.717, 1.165) is 25.1 Å². The van der Waals surface area contributed by atoms with Crippen LogP contribution in [0.4, 0.5) is 10.2 Å². The minimum Gasteiger partial charge on any atom is -0.478 e. The highest BCUT2D eigenvalue weighted by Crippen LogP contribution is 2.14. The van der Waals surface area contributed by atoms with Crippen LogP contribution < -0.4 is 5.32 Å². The first-order chi connectivity index (χ1) is 8.00. The smallest absolute Gasteiger partial charge is 0.339 e. The van der Waals surface area contributed by atoms with Crippen LogP contribution in [-0.4, -0.2) is 22.6 Å². The van der Waals surface area contributed by atoms with Gasteiger partial charge in [0.2, 0.25) is 0 Å². The lowest BCUT2D eigenvalue weighted by atomic mass is 10.1. The molecule has 1 rings (SSSR count). The molecule has 0 unspecified atom stereocenters. The Morgan fingerprint density at radius 2 is 2.29 bits per heavy atom. The summed E-state index contributed by atoms with van der Waals surface area (Å²) in [5.41, 5.74) is -0.130. The minimum atomic E-state index is -1.18. The van der Waals surface area contributed by atoms with Gasteiger partial charge in [0, 0.05) is 6.54 Å². The molecule has 94 valence electrons. The molecule has 0 aliphatic carbocycles. The Labute approximate surface area is 99.9 Å². The second-order valence-corrected chi connectivity index (χ2v) is 4.32. The number of pyridine rings is 1. The van der Waals surface area contributed by atoms with Crippen molar-refractivity contribution >= 4 is 11.8 Å². The molecule has 5 heteroatoms. The molecule has 4 nitrogen and oxygen atoms in total. The Bertz CT molecular complexity index is 394. The predicted molar refractivity (Wildman–Crippen MR) is 63.7 cm³/mol. The molecule has 0 fully saturated rings. The molecule has 0 aliphatic rings. The number of hydrogen-bond acceptors (Lipinski definition) is 3. The second-order valence-electron chi connectivity index (χ2n) is 4.32. The van der Waals surface area contributed by atoms with E-state index in [4.69, 9.17) is 5.11 Å². The van der Waals surface area contributed by atoms with Crippen molar-refractivity contribution in [2.45, 2.75) is 26.7 Å². The number of nitrogens with one attached hydrogen (secondary N) is 1. The maximum absolute atomic E-state index is 12.8. The van der Waals surface area contributed by atoms with Crippen LogP contribution in [-0.2, 0) is 0 Å². The number of aromatic nitrogens is 1. The van der Waals surface area contributed by atoms with Gasteiger partial charge in [-0.1, -0.05) is 13.8 Å². The van der Waals surface area contributed by atoms with Crippen molar-refractivity contribution in [3.63, 3.8) is 0 Å². The summed E-state index contributed by atoms with van der Waals surface area (Å²) in [6, 6.07) is 0.972. The predicted octanol–water partition coefficient (Wildman–Crippen LogP) is 2.77. The van der Waals surface area contributed by atoms with E-state index in [1.165, 1.54) is 0 Å². The standard InChI is InChI=1S/C12H17FN2O2/c1-8(2)4-3-5-14-11-10(12(16)17)6-9(13)7-15-11/h6-8H,3-5H2,1-2H3,(H,14,15)(H,16,17). The maximum atomic E-state index is 12.8.